The molecule has 0 saturated carbocycles. The summed E-state index contributed by atoms with van der Waals surface area (Å²) in [5.74, 6) is 0.288. The van der Waals surface area contributed by atoms with Crippen molar-refractivity contribution in [2.24, 2.45) is 11.7 Å². The summed E-state index contributed by atoms with van der Waals surface area (Å²) in [6.45, 7) is 2.08. The van der Waals surface area contributed by atoms with E-state index < -0.39 is 6.04 Å². The number of ether oxygens (including phenoxy) is 1. The van der Waals surface area contributed by atoms with E-state index in [2.05, 4.69) is 5.32 Å². The van der Waals surface area contributed by atoms with Crippen LogP contribution in [0, 0.1) is 5.92 Å². The van der Waals surface area contributed by atoms with E-state index >= 15 is 0 Å². The van der Waals surface area contributed by atoms with Crippen molar-refractivity contribution in [3.05, 3.63) is 64.7 Å². The van der Waals surface area contributed by atoms with Crippen molar-refractivity contribution in [2.45, 2.75) is 13.0 Å². The lowest BCUT2D eigenvalue weighted by Gasteiger charge is -2.24. The Morgan fingerprint density at radius 1 is 1.17 bits per heavy atom. The molecule has 2 atom stereocenters. The highest BCUT2D eigenvalue weighted by atomic mass is 35.5. The Bertz CT molecular complexity index is 680. The third-order valence-electron chi connectivity index (χ3n) is 3.75. The van der Waals surface area contributed by atoms with Gasteiger partial charge >= 0.3 is 0 Å². The Balaban J connectivity index is 0.00000288. The van der Waals surface area contributed by atoms with Crippen LogP contribution in [0.3, 0.4) is 0 Å². The van der Waals surface area contributed by atoms with E-state index in [1.165, 1.54) is 0 Å². The van der Waals surface area contributed by atoms with E-state index in [0.717, 1.165) is 11.1 Å². The van der Waals surface area contributed by atoms with Gasteiger partial charge in [-0.2, -0.15) is 0 Å². The van der Waals surface area contributed by atoms with Gasteiger partial charge < -0.3 is 15.8 Å². The van der Waals surface area contributed by atoms with E-state index in [1.807, 2.05) is 42.5 Å². The molecule has 3 N–H and O–H groups in total. The summed E-state index contributed by atoms with van der Waals surface area (Å²) in [4.78, 5) is 12.4. The average molecular weight is 369 g/mol. The first-order chi connectivity index (χ1) is 11.1. The fourth-order valence-corrected chi connectivity index (χ4v) is 2.57. The molecule has 0 aliphatic heterocycles. The zero-order valence-corrected chi connectivity index (χ0v) is 15.2. The van der Waals surface area contributed by atoms with Gasteiger partial charge in [0.15, 0.2) is 0 Å². The van der Waals surface area contributed by atoms with E-state index in [-0.39, 0.29) is 30.8 Å². The predicted octanol–water partition coefficient (Wildman–Crippen LogP) is 3.57. The normalized spacial score (nSPS) is 12.7. The number of nitrogens with one attached hydrogen (secondary N) is 1. The molecule has 0 aliphatic carbocycles. The van der Waals surface area contributed by atoms with Crippen LogP contribution in [0.4, 0.5) is 0 Å². The van der Waals surface area contributed by atoms with Crippen LogP contribution in [0.15, 0.2) is 48.5 Å². The largest absolute Gasteiger partial charge is 0.496 e. The van der Waals surface area contributed by atoms with E-state index in [4.69, 9.17) is 22.1 Å². The van der Waals surface area contributed by atoms with Gasteiger partial charge in [-0.25, -0.2) is 0 Å². The van der Waals surface area contributed by atoms with Gasteiger partial charge in [0.1, 0.15) is 5.75 Å². The van der Waals surface area contributed by atoms with E-state index in [9.17, 15) is 4.79 Å². The Morgan fingerprint density at radius 3 is 2.33 bits per heavy atom. The molecule has 0 bridgehead atoms. The molecule has 2 rings (SSSR count). The predicted molar refractivity (Wildman–Crippen MR) is 99.9 cm³/mol. The highest BCUT2D eigenvalue weighted by Crippen LogP contribution is 2.33. The Kier molecular flexibility index (Phi) is 8.05. The number of rotatable bonds is 6. The van der Waals surface area contributed by atoms with Gasteiger partial charge in [0.2, 0.25) is 5.91 Å². The summed E-state index contributed by atoms with van der Waals surface area (Å²) in [6.07, 6.45) is 0. The topological polar surface area (TPSA) is 64.3 Å². The first kappa shape index (κ1) is 20.3. The maximum absolute atomic E-state index is 12.4. The van der Waals surface area contributed by atoms with Crippen molar-refractivity contribution in [3.63, 3.8) is 0 Å². The molecule has 24 heavy (non-hydrogen) atoms. The highest BCUT2D eigenvalue weighted by Gasteiger charge is 2.24. The third kappa shape index (κ3) is 4.63. The van der Waals surface area contributed by atoms with Gasteiger partial charge in [0, 0.05) is 23.0 Å². The number of methoxy groups -OCH3 is 1. The van der Waals surface area contributed by atoms with Crippen molar-refractivity contribution < 1.29 is 9.53 Å². The van der Waals surface area contributed by atoms with Crippen molar-refractivity contribution in [1.82, 2.24) is 5.32 Å². The number of hydrogen-bond donors (Lipinski definition) is 2. The Labute approximate surface area is 153 Å². The summed E-state index contributed by atoms with van der Waals surface area (Å²) < 4.78 is 5.44. The van der Waals surface area contributed by atoms with E-state index in [1.54, 1.807) is 20.1 Å². The van der Waals surface area contributed by atoms with E-state index in [0.29, 0.717) is 10.8 Å². The van der Waals surface area contributed by atoms with Gasteiger partial charge in [0.05, 0.1) is 13.2 Å². The summed E-state index contributed by atoms with van der Waals surface area (Å²) in [5, 5.41) is 3.62. The number of nitrogens with two attached hydrogens (primary N) is 1. The number of para-hydroxylation sites is 1. The van der Waals surface area contributed by atoms with Crippen LogP contribution < -0.4 is 15.8 Å². The second-order valence-corrected chi connectivity index (χ2v) is 5.75. The summed E-state index contributed by atoms with van der Waals surface area (Å²) in [5.41, 5.74) is 7.26. The number of hydrogen-bond acceptors (Lipinski definition) is 3. The fraction of sp³-hybridized carbons (Fsp3) is 0.278. The molecule has 0 fully saturated rings. The lowest BCUT2D eigenvalue weighted by Crippen LogP contribution is -2.36. The number of halogens is 2. The Morgan fingerprint density at radius 2 is 1.75 bits per heavy atom. The molecule has 0 aromatic heterocycles. The van der Waals surface area contributed by atoms with Gasteiger partial charge in [-0.05, 0) is 17.7 Å². The highest BCUT2D eigenvalue weighted by molar-refractivity contribution is 6.31. The maximum Gasteiger partial charge on any atom is 0.224 e. The third-order valence-corrected chi connectivity index (χ3v) is 4.10. The van der Waals surface area contributed by atoms with Crippen LogP contribution >= 0.6 is 24.0 Å². The second-order valence-electron chi connectivity index (χ2n) is 5.34. The van der Waals surface area contributed by atoms with Crippen LogP contribution in [0.2, 0.25) is 5.02 Å². The number of carbonyl (C=O) groups is 1. The number of benzene rings is 2. The van der Waals surface area contributed by atoms with Crippen LogP contribution in [0.25, 0.3) is 0 Å². The molecule has 0 radical (unpaired) electrons. The summed E-state index contributed by atoms with van der Waals surface area (Å²) in [7, 11) is 1.60. The molecular formula is C18H22Cl2N2O2. The molecule has 1 amide bonds. The lowest BCUT2D eigenvalue weighted by atomic mass is 9.96. The van der Waals surface area contributed by atoms with Gasteiger partial charge in [-0.1, -0.05) is 54.9 Å². The molecule has 0 aliphatic rings. The lowest BCUT2D eigenvalue weighted by molar-refractivity contribution is -0.124. The molecule has 0 heterocycles. The first-order valence-electron chi connectivity index (χ1n) is 7.46. The smallest absolute Gasteiger partial charge is 0.224 e. The fourth-order valence-electron chi connectivity index (χ4n) is 2.33. The molecule has 130 valence electrons. The van der Waals surface area contributed by atoms with Crippen LogP contribution in [-0.2, 0) is 4.79 Å². The number of amides is 1. The first-order valence-corrected chi connectivity index (χ1v) is 7.84. The molecule has 2 unspecified atom stereocenters. The molecule has 2 aromatic carbocycles. The van der Waals surface area contributed by atoms with Crippen LogP contribution in [0.1, 0.15) is 24.1 Å². The summed E-state index contributed by atoms with van der Waals surface area (Å²) >= 11 is 6.34. The maximum atomic E-state index is 12.4. The van der Waals surface area contributed by atoms with Crippen molar-refractivity contribution in [1.29, 1.82) is 0 Å². The van der Waals surface area contributed by atoms with Crippen LogP contribution in [-0.4, -0.2) is 19.6 Å². The minimum absolute atomic E-state index is 0. The quantitative estimate of drug-likeness (QED) is 0.818. The molecular weight excluding hydrogens is 347 g/mol. The van der Waals surface area contributed by atoms with Gasteiger partial charge in [-0.15, -0.1) is 12.4 Å². The van der Waals surface area contributed by atoms with Crippen molar-refractivity contribution in [2.75, 3.05) is 13.7 Å². The van der Waals surface area contributed by atoms with Gasteiger partial charge in [0.25, 0.3) is 0 Å². The molecule has 0 saturated heterocycles. The second kappa shape index (κ2) is 9.52. The minimum Gasteiger partial charge on any atom is -0.496 e. The standard InChI is InChI=1S/C18H21ClN2O2.ClH/c1-12(11-20)18(22)21-17(13-7-3-5-9-15(13)19)14-8-4-6-10-16(14)23-2;/h3-10,12,17H,11,20H2,1-2H3,(H,21,22);1H. The average Bonchev–Trinajstić information content (AvgIpc) is 2.59. The zero-order valence-electron chi connectivity index (χ0n) is 13.7. The molecule has 2 aromatic rings. The van der Waals surface area contributed by atoms with Crippen molar-refractivity contribution >= 4 is 29.9 Å². The van der Waals surface area contributed by atoms with Gasteiger partial charge in [-0.3, -0.25) is 4.79 Å². The SMILES string of the molecule is COc1ccccc1C(NC(=O)C(C)CN)c1ccccc1Cl.Cl. The summed E-state index contributed by atoms with van der Waals surface area (Å²) in [6, 6.07) is 14.6. The minimum atomic E-state index is -0.402. The monoisotopic (exact) mass is 368 g/mol. The Hall–Kier alpha value is -1.75. The van der Waals surface area contributed by atoms with Crippen molar-refractivity contribution in [3.8, 4) is 5.75 Å². The number of carbonyl (C=O) groups excluding carboxylic acids is 1. The molecule has 4 nitrogen and oxygen atoms in total. The van der Waals surface area contributed by atoms with Crippen LogP contribution in [0.5, 0.6) is 5.75 Å². The molecule has 6 heteroatoms. The molecule has 0 spiro atoms. The zero-order chi connectivity index (χ0) is 16.8.